The first-order chi connectivity index (χ1) is 14.2. The molecule has 0 amide bonds. The van der Waals surface area contributed by atoms with Gasteiger partial charge >= 0.3 is 37.9 Å². The quantitative estimate of drug-likeness (QED) is 0.130. The van der Waals surface area contributed by atoms with Gasteiger partial charge in [0.05, 0.1) is 0 Å². The molecule has 0 N–H and O–H groups in total. The van der Waals surface area contributed by atoms with E-state index in [0.717, 1.165) is 9.52 Å². The van der Waals surface area contributed by atoms with E-state index in [9.17, 15) is 0 Å². The van der Waals surface area contributed by atoms with Gasteiger partial charge in [-0.25, -0.2) is 0 Å². The van der Waals surface area contributed by atoms with Crippen molar-refractivity contribution in [2.75, 3.05) is 0 Å². The molecular formula is C24H26Br2Cl2SiZr. The Kier molecular flexibility index (Phi) is 13.6. The standard InChI is InChI=1S/2C11H10Br.C2H6Si.2ClH.Zr/c2*1-7-5-9-4-3-8(2)11(12)10(9)6-7;1-3-2;;;/h2*3-6H,1-2H3;1-2H3;2*1H;/q2*-1;;;;+4/p-2. The first-order valence-electron chi connectivity index (χ1n) is 9.39. The van der Waals surface area contributed by atoms with Gasteiger partial charge in [0.25, 0.3) is 0 Å². The van der Waals surface area contributed by atoms with Crippen molar-refractivity contribution in [1.29, 1.82) is 0 Å². The molecule has 30 heavy (non-hydrogen) atoms. The molecule has 4 aromatic carbocycles. The van der Waals surface area contributed by atoms with E-state index in [-0.39, 0.29) is 0 Å². The van der Waals surface area contributed by atoms with E-state index in [1.807, 2.05) is 0 Å². The van der Waals surface area contributed by atoms with Crippen molar-refractivity contribution in [3.63, 3.8) is 0 Å². The molecule has 4 aromatic rings. The monoisotopic (exact) mass is 660 g/mol. The molecule has 0 atom stereocenters. The summed E-state index contributed by atoms with van der Waals surface area (Å²) in [6.45, 7) is 12.8. The van der Waals surface area contributed by atoms with Gasteiger partial charge in [-0.15, -0.1) is 69.1 Å². The number of hydrogen-bond acceptors (Lipinski definition) is 0. The van der Waals surface area contributed by atoms with Crippen LogP contribution in [-0.4, -0.2) is 9.52 Å². The third kappa shape index (κ3) is 8.34. The van der Waals surface area contributed by atoms with Crippen molar-refractivity contribution in [2.45, 2.75) is 40.8 Å². The molecule has 0 fully saturated rings. The molecule has 4 rings (SSSR count). The molecule has 0 spiro atoms. The summed E-state index contributed by atoms with van der Waals surface area (Å²) in [5.41, 5.74) is 5.26. The maximum absolute atomic E-state index is 4.93. The fourth-order valence-electron chi connectivity index (χ4n) is 3.01. The molecule has 0 heterocycles. The van der Waals surface area contributed by atoms with Crippen molar-refractivity contribution in [2.24, 2.45) is 0 Å². The van der Waals surface area contributed by atoms with E-state index in [0.29, 0.717) is 0 Å². The molecule has 0 bridgehead atoms. The minimum atomic E-state index is -0.826. The zero-order valence-electron chi connectivity index (χ0n) is 18.1. The Labute approximate surface area is 219 Å². The summed E-state index contributed by atoms with van der Waals surface area (Å²) in [6.07, 6.45) is 0. The molecule has 0 aliphatic rings. The Morgan fingerprint density at radius 2 is 1.03 bits per heavy atom. The normalized spacial score (nSPS) is 9.67. The van der Waals surface area contributed by atoms with Gasteiger partial charge in [-0.2, -0.15) is 12.1 Å². The summed E-state index contributed by atoms with van der Waals surface area (Å²) in [5.74, 6) is 0. The zero-order valence-corrected chi connectivity index (χ0v) is 26.3. The molecule has 0 saturated carbocycles. The van der Waals surface area contributed by atoms with E-state index < -0.39 is 20.8 Å². The molecule has 0 nitrogen and oxygen atoms in total. The number of halogens is 4. The minimum absolute atomic E-state index is 0.826. The van der Waals surface area contributed by atoms with Crippen molar-refractivity contribution < 1.29 is 20.8 Å². The summed E-state index contributed by atoms with van der Waals surface area (Å²) < 4.78 is 2.46. The van der Waals surface area contributed by atoms with Crippen LogP contribution in [0.1, 0.15) is 22.3 Å². The Balaban J connectivity index is 0.000000239. The van der Waals surface area contributed by atoms with Crippen molar-refractivity contribution in [3.8, 4) is 0 Å². The molecule has 0 saturated heterocycles. The molecule has 158 valence electrons. The van der Waals surface area contributed by atoms with Crippen molar-refractivity contribution >= 4 is 80.0 Å². The van der Waals surface area contributed by atoms with Crippen LogP contribution in [0.2, 0.25) is 13.1 Å². The Morgan fingerprint density at radius 3 is 1.33 bits per heavy atom. The number of aryl methyl sites for hydroxylation is 4. The molecule has 0 unspecified atom stereocenters. The third-order valence-electron chi connectivity index (χ3n) is 4.32. The second kappa shape index (κ2) is 14.4. The summed E-state index contributed by atoms with van der Waals surface area (Å²) in [4.78, 5) is 0. The Morgan fingerprint density at radius 1 is 0.733 bits per heavy atom. The fourth-order valence-corrected chi connectivity index (χ4v) is 3.96. The average molecular weight is 664 g/mol. The third-order valence-corrected chi connectivity index (χ3v) is 6.43. The second-order valence-corrected chi connectivity index (χ2v) is 13.4. The Bertz CT molecular complexity index is 984. The summed E-state index contributed by atoms with van der Waals surface area (Å²) in [6, 6.07) is 17.5. The van der Waals surface area contributed by atoms with E-state index >= 15 is 0 Å². The van der Waals surface area contributed by atoms with Crippen molar-refractivity contribution in [3.05, 3.63) is 79.7 Å². The van der Waals surface area contributed by atoms with Crippen LogP contribution in [0.4, 0.5) is 0 Å². The molecule has 0 aromatic heterocycles. The van der Waals surface area contributed by atoms with Crippen LogP contribution >= 0.6 is 48.9 Å². The van der Waals surface area contributed by atoms with Gasteiger partial charge in [0.2, 0.25) is 0 Å². The predicted octanol–water partition coefficient (Wildman–Crippen LogP) is 10.0. The van der Waals surface area contributed by atoms with Gasteiger partial charge in [-0.3, -0.25) is 0 Å². The van der Waals surface area contributed by atoms with Crippen molar-refractivity contribution in [1.82, 2.24) is 0 Å². The first-order valence-corrected chi connectivity index (χ1v) is 19.3. The predicted molar refractivity (Wildman–Crippen MR) is 143 cm³/mol. The molecule has 2 radical (unpaired) electrons. The molecule has 0 aliphatic heterocycles. The maximum atomic E-state index is 4.93. The van der Waals surface area contributed by atoms with Crippen LogP contribution in [0, 0.1) is 27.7 Å². The second-order valence-electron chi connectivity index (χ2n) is 7.04. The summed E-state index contributed by atoms with van der Waals surface area (Å²) >= 11 is 6.36. The van der Waals surface area contributed by atoms with E-state index in [4.69, 9.17) is 17.0 Å². The van der Waals surface area contributed by atoms with Crippen LogP contribution in [-0.2, 0) is 20.8 Å². The first kappa shape index (κ1) is 28.3. The van der Waals surface area contributed by atoms with Crippen LogP contribution in [0.5, 0.6) is 0 Å². The topological polar surface area (TPSA) is 0 Å². The summed E-state index contributed by atoms with van der Waals surface area (Å²) in [5, 5.41) is 5.30. The SMILES string of the molecule is C[Si]C.Cc1cc2c(Br)c(C)ccc2[cH-]1.Cc1cc2c(Br)c(C)ccc2[cH-]1.[Cl][Zr+2][Cl]. The molecular weight excluding hydrogens is 638 g/mol. The Hall–Kier alpha value is 0.300. The van der Waals surface area contributed by atoms with Gasteiger partial charge in [0.1, 0.15) is 0 Å². The number of rotatable bonds is 0. The average Bonchev–Trinajstić information content (AvgIpc) is 3.26. The van der Waals surface area contributed by atoms with Crippen LogP contribution in [0.15, 0.2) is 57.5 Å². The van der Waals surface area contributed by atoms with Gasteiger partial charge in [-0.05, 0) is 22.8 Å². The van der Waals surface area contributed by atoms with Gasteiger partial charge in [-0.1, -0.05) is 69.9 Å². The van der Waals surface area contributed by atoms with E-state index in [1.54, 1.807) is 0 Å². The molecule has 0 aliphatic carbocycles. The van der Waals surface area contributed by atoms with Crippen LogP contribution in [0.3, 0.4) is 0 Å². The van der Waals surface area contributed by atoms with E-state index in [2.05, 4.69) is 121 Å². The van der Waals surface area contributed by atoms with E-state index in [1.165, 1.54) is 52.7 Å². The molecule has 6 heteroatoms. The number of benzene rings is 2. The zero-order chi connectivity index (χ0) is 22.8. The van der Waals surface area contributed by atoms with Gasteiger partial charge < -0.3 is 0 Å². The van der Waals surface area contributed by atoms with Crippen LogP contribution < -0.4 is 0 Å². The fraction of sp³-hybridized carbons (Fsp3) is 0.250. The number of hydrogen-bond donors (Lipinski definition) is 0. The summed E-state index contributed by atoms with van der Waals surface area (Å²) in [7, 11) is 11.0. The van der Waals surface area contributed by atoms with Gasteiger partial charge in [0.15, 0.2) is 0 Å². The number of fused-ring (bicyclic) bond motifs is 2. The van der Waals surface area contributed by atoms with Gasteiger partial charge in [0, 0.05) is 9.52 Å². The van der Waals surface area contributed by atoms with Crippen LogP contribution in [0.25, 0.3) is 21.5 Å².